The van der Waals surface area contributed by atoms with Gasteiger partial charge in [0, 0.05) is 40.2 Å². The standard InChI is InChI=1S/C30H22ClF4NO4/c1-16-11-21-26(15-24(16)31)40-29(38)22(28(21)19-6-4-5-18(13-19)7-10-27(37)39-3)12-17(2)36-25-9-8-20(32)14-23(25)30(33,34)35/h4-11,13-15,36H,2,12H2,1,3H3/b10-7+. The number of rotatable bonds is 7. The molecular formula is C30H22ClF4NO4. The smallest absolute Gasteiger partial charge is 0.418 e. The molecule has 0 radical (unpaired) electrons. The summed E-state index contributed by atoms with van der Waals surface area (Å²) in [5, 5.41) is 3.49. The number of carbonyl (C=O) groups excluding carboxylic acids is 1. The second kappa shape index (κ2) is 11.4. The lowest BCUT2D eigenvalue weighted by Crippen LogP contribution is -2.16. The summed E-state index contributed by atoms with van der Waals surface area (Å²) in [6.07, 6.45) is -2.26. The van der Waals surface area contributed by atoms with Crippen LogP contribution in [0.3, 0.4) is 0 Å². The number of methoxy groups -OCH3 is 1. The number of esters is 1. The normalized spacial score (nSPS) is 11.7. The predicted molar refractivity (Wildman–Crippen MR) is 147 cm³/mol. The summed E-state index contributed by atoms with van der Waals surface area (Å²) in [4.78, 5) is 24.8. The van der Waals surface area contributed by atoms with Gasteiger partial charge in [0.05, 0.1) is 23.9 Å². The first-order chi connectivity index (χ1) is 18.9. The molecule has 4 aromatic rings. The van der Waals surface area contributed by atoms with E-state index in [-0.39, 0.29) is 23.3 Å². The Bertz CT molecular complexity index is 1720. The van der Waals surface area contributed by atoms with Crippen LogP contribution in [0, 0.1) is 12.7 Å². The van der Waals surface area contributed by atoms with Crippen molar-refractivity contribution < 1.29 is 31.5 Å². The van der Waals surface area contributed by atoms with Crippen LogP contribution < -0.4 is 10.9 Å². The predicted octanol–water partition coefficient (Wildman–Crippen LogP) is 7.93. The van der Waals surface area contributed by atoms with Crippen LogP contribution in [-0.4, -0.2) is 13.1 Å². The van der Waals surface area contributed by atoms with Crippen LogP contribution >= 0.6 is 11.6 Å². The molecule has 0 aliphatic heterocycles. The number of hydrogen-bond acceptors (Lipinski definition) is 5. The lowest BCUT2D eigenvalue weighted by atomic mass is 9.93. The van der Waals surface area contributed by atoms with Gasteiger partial charge in [0.25, 0.3) is 0 Å². The lowest BCUT2D eigenvalue weighted by molar-refractivity contribution is -0.137. The zero-order valence-electron chi connectivity index (χ0n) is 21.3. The zero-order chi connectivity index (χ0) is 29.2. The Morgan fingerprint density at radius 2 is 1.90 bits per heavy atom. The van der Waals surface area contributed by atoms with Gasteiger partial charge in [-0.1, -0.05) is 36.4 Å². The van der Waals surface area contributed by atoms with Crippen molar-refractivity contribution in [1.29, 1.82) is 0 Å². The number of nitrogens with one attached hydrogen (secondary N) is 1. The highest BCUT2D eigenvalue weighted by molar-refractivity contribution is 6.32. The Labute approximate surface area is 231 Å². The maximum Gasteiger partial charge on any atom is 0.418 e. The molecule has 10 heteroatoms. The fourth-order valence-electron chi connectivity index (χ4n) is 4.20. The van der Waals surface area contributed by atoms with Crippen molar-refractivity contribution in [3.8, 4) is 11.1 Å². The molecule has 206 valence electrons. The van der Waals surface area contributed by atoms with E-state index < -0.39 is 34.8 Å². The van der Waals surface area contributed by atoms with E-state index in [0.29, 0.717) is 38.7 Å². The number of halogens is 5. The summed E-state index contributed by atoms with van der Waals surface area (Å²) >= 11 is 6.27. The number of allylic oxidation sites excluding steroid dienone is 1. The first kappa shape index (κ1) is 28.6. The first-order valence-electron chi connectivity index (χ1n) is 11.8. The maximum atomic E-state index is 13.6. The molecule has 0 aliphatic rings. The SMILES string of the molecule is C=C(Cc1c(-c2cccc(/C=C/C(=O)OC)c2)c2cc(C)c(Cl)cc2oc1=O)Nc1ccc(F)cc1C(F)(F)F. The minimum atomic E-state index is -4.83. The Hall–Kier alpha value is -4.37. The molecule has 3 aromatic carbocycles. The van der Waals surface area contributed by atoms with E-state index in [9.17, 15) is 27.2 Å². The second-order valence-electron chi connectivity index (χ2n) is 8.92. The van der Waals surface area contributed by atoms with Crippen molar-refractivity contribution in [3.63, 3.8) is 0 Å². The van der Waals surface area contributed by atoms with Gasteiger partial charge in [-0.05, 0) is 60.0 Å². The quantitative estimate of drug-likeness (QED) is 0.106. The number of benzene rings is 3. The molecule has 0 atom stereocenters. The summed E-state index contributed by atoms with van der Waals surface area (Å²) in [5.41, 5.74) is 0.368. The Kier molecular flexibility index (Phi) is 8.16. The molecule has 0 fully saturated rings. The molecule has 40 heavy (non-hydrogen) atoms. The fraction of sp³-hybridized carbons (Fsp3) is 0.133. The van der Waals surface area contributed by atoms with Crippen molar-refractivity contribution in [2.24, 2.45) is 0 Å². The van der Waals surface area contributed by atoms with Crippen molar-refractivity contribution in [1.82, 2.24) is 0 Å². The fourth-order valence-corrected chi connectivity index (χ4v) is 4.35. The largest absolute Gasteiger partial charge is 0.466 e. The number of fused-ring (bicyclic) bond motifs is 1. The summed E-state index contributed by atoms with van der Waals surface area (Å²) in [7, 11) is 1.25. The Morgan fingerprint density at radius 3 is 2.60 bits per heavy atom. The zero-order valence-corrected chi connectivity index (χ0v) is 22.0. The molecule has 4 rings (SSSR count). The summed E-state index contributed by atoms with van der Waals surface area (Å²) < 4.78 is 64.3. The highest BCUT2D eigenvalue weighted by Gasteiger charge is 2.34. The van der Waals surface area contributed by atoms with Gasteiger partial charge in [-0.15, -0.1) is 0 Å². The van der Waals surface area contributed by atoms with E-state index in [1.165, 1.54) is 19.3 Å². The monoisotopic (exact) mass is 571 g/mol. The summed E-state index contributed by atoms with van der Waals surface area (Å²) in [6.45, 7) is 5.60. The molecule has 0 saturated carbocycles. The highest BCUT2D eigenvalue weighted by atomic mass is 35.5. The van der Waals surface area contributed by atoms with Gasteiger partial charge < -0.3 is 14.5 Å². The summed E-state index contributed by atoms with van der Waals surface area (Å²) in [5.74, 6) is -1.60. The molecule has 0 saturated heterocycles. The van der Waals surface area contributed by atoms with E-state index in [0.717, 1.165) is 12.1 Å². The number of hydrogen-bond donors (Lipinski definition) is 1. The van der Waals surface area contributed by atoms with Gasteiger partial charge in [0.15, 0.2) is 0 Å². The van der Waals surface area contributed by atoms with E-state index in [1.807, 2.05) is 0 Å². The lowest BCUT2D eigenvalue weighted by Gasteiger charge is -2.18. The Balaban J connectivity index is 1.84. The van der Waals surface area contributed by atoms with Crippen LogP contribution in [0.25, 0.3) is 28.2 Å². The molecule has 1 N–H and O–H groups in total. The van der Waals surface area contributed by atoms with Crippen LogP contribution in [0.5, 0.6) is 0 Å². The van der Waals surface area contributed by atoms with Crippen LogP contribution in [0.2, 0.25) is 5.02 Å². The molecule has 0 amide bonds. The molecule has 1 aromatic heterocycles. The second-order valence-corrected chi connectivity index (χ2v) is 9.32. The van der Waals surface area contributed by atoms with Crippen LogP contribution in [0.15, 0.2) is 82.2 Å². The average Bonchev–Trinajstić information content (AvgIpc) is 2.89. The van der Waals surface area contributed by atoms with E-state index in [2.05, 4.69) is 16.6 Å². The van der Waals surface area contributed by atoms with Crippen LogP contribution in [0.1, 0.15) is 22.3 Å². The van der Waals surface area contributed by atoms with Crippen molar-refractivity contribution in [2.45, 2.75) is 19.5 Å². The van der Waals surface area contributed by atoms with E-state index in [4.69, 9.17) is 16.0 Å². The number of anilines is 1. The van der Waals surface area contributed by atoms with Crippen LogP contribution in [0.4, 0.5) is 23.2 Å². The number of ether oxygens (including phenoxy) is 1. The van der Waals surface area contributed by atoms with E-state index in [1.54, 1.807) is 43.3 Å². The van der Waals surface area contributed by atoms with Gasteiger partial charge in [-0.2, -0.15) is 13.2 Å². The van der Waals surface area contributed by atoms with Gasteiger partial charge in [-0.3, -0.25) is 0 Å². The molecule has 5 nitrogen and oxygen atoms in total. The Morgan fingerprint density at radius 1 is 1.15 bits per heavy atom. The molecule has 0 aliphatic carbocycles. The van der Waals surface area contributed by atoms with Gasteiger partial charge in [0.2, 0.25) is 0 Å². The van der Waals surface area contributed by atoms with Crippen LogP contribution in [-0.2, 0) is 22.1 Å². The van der Waals surface area contributed by atoms with Gasteiger partial charge in [0.1, 0.15) is 11.4 Å². The maximum absolute atomic E-state index is 13.6. The van der Waals surface area contributed by atoms with E-state index >= 15 is 0 Å². The molecule has 0 unspecified atom stereocenters. The average molecular weight is 572 g/mol. The van der Waals surface area contributed by atoms with Gasteiger partial charge in [-0.25, -0.2) is 14.0 Å². The number of carbonyl (C=O) groups is 1. The third-order valence-corrected chi connectivity index (χ3v) is 6.47. The molecule has 1 heterocycles. The highest BCUT2D eigenvalue weighted by Crippen LogP contribution is 2.37. The van der Waals surface area contributed by atoms with Gasteiger partial charge >= 0.3 is 17.8 Å². The number of aryl methyl sites for hydroxylation is 1. The van der Waals surface area contributed by atoms with Crippen molar-refractivity contribution >= 4 is 40.3 Å². The topological polar surface area (TPSA) is 68.5 Å². The third kappa shape index (κ3) is 6.26. The molecule has 0 spiro atoms. The number of alkyl halides is 3. The van der Waals surface area contributed by atoms with Crippen molar-refractivity contribution in [2.75, 3.05) is 12.4 Å². The third-order valence-electron chi connectivity index (χ3n) is 6.06. The molecular weight excluding hydrogens is 550 g/mol. The summed E-state index contributed by atoms with van der Waals surface area (Å²) in [6, 6.07) is 12.4. The minimum absolute atomic E-state index is 0.0393. The van der Waals surface area contributed by atoms with Crippen molar-refractivity contribution in [3.05, 3.63) is 116 Å². The minimum Gasteiger partial charge on any atom is -0.466 e. The molecule has 0 bridgehead atoms. The first-order valence-corrected chi connectivity index (χ1v) is 12.2.